The van der Waals surface area contributed by atoms with Crippen molar-refractivity contribution in [2.24, 2.45) is 0 Å². The Balaban J connectivity index is 1.69. The minimum atomic E-state index is -0.992. The number of urea groups is 1. The van der Waals surface area contributed by atoms with E-state index in [1.807, 2.05) is 6.92 Å². The van der Waals surface area contributed by atoms with Crippen LogP contribution in [-0.4, -0.2) is 47.1 Å². The van der Waals surface area contributed by atoms with Gasteiger partial charge in [0.05, 0.1) is 17.8 Å². The Morgan fingerprint density at radius 3 is 2.69 bits per heavy atom. The molecule has 7 nitrogen and oxygen atoms in total. The molecule has 3 heterocycles. The average molecular weight is 403 g/mol. The molecular weight excluding hydrogens is 380 g/mol. The molecule has 2 aliphatic rings. The Labute approximate surface area is 167 Å². The van der Waals surface area contributed by atoms with E-state index in [0.717, 1.165) is 43.8 Å². The van der Waals surface area contributed by atoms with Crippen molar-refractivity contribution in [1.29, 1.82) is 0 Å². The van der Waals surface area contributed by atoms with Gasteiger partial charge < -0.3 is 19.9 Å². The number of fused-ring (bicyclic) bond motifs is 1. The van der Waals surface area contributed by atoms with Crippen molar-refractivity contribution in [2.45, 2.75) is 32.7 Å². The molecule has 1 fully saturated rings. The van der Waals surface area contributed by atoms with Crippen LogP contribution in [-0.2, 0) is 13.0 Å². The van der Waals surface area contributed by atoms with Gasteiger partial charge in [-0.1, -0.05) is 0 Å². The normalized spacial score (nSPS) is 16.0. The Hall–Kier alpha value is -2.97. The number of hydrogen-bond acceptors (Lipinski definition) is 5. The SMILES string of the molecule is CCNC(=O)N1CCc2nc(N3CCCC3)nc(Oc3ccc(F)c(F)c3)c2C1. The third-order valence-corrected chi connectivity index (χ3v) is 5.12. The Morgan fingerprint density at radius 2 is 1.97 bits per heavy atom. The van der Waals surface area contributed by atoms with Gasteiger partial charge in [0.2, 0.25) is 11.8 Å². The first-order valence-electron chi connectivity index (χ1n) is 9.85. The summed E-state index contributed by atoms with van der Waals surface area (Å²) in [6.45, 7) is 4.97. The summed E-state index contributed by atoms with van der Waals surface area (Å²) in [4.78, 5) is 25.3. The topological polar surface area (TPSA) is 70.6 Å². The molecule has 1 saturated heterocycles. The number of anilines is 1. The summed E-state index contributed by atoms with van der Waals surface area (Å²) in [5.74, 6) is -0.939. The van der Waals surface area contributed by atoms with Gasteiger partial charge in [0.15, 0.2) is 11.6 Å². The predicted molar refractivity (Wildman–Crippen MR) is 103 cm³/mol. The second-order valence-corrected chi connectivity index (χ2v) is 7.13. The van der Waals surface area contributed by atoms with Gasteiger partial charge in [0, 0.05) is 38.7 Å². The van der Waals surface area contributed by atoms with Crippen LogP contribution in [0.15, 0.2) is 18.2 Å². The van der Waals surface area contributed by atoms with Gasteiger partial charge in [-0.2, -0.15) is 4.98 Å². The summed E-state index contributed by atoms with van der Waals surface area (Å²) >= 11 is 0. The van der Waals surface area contributed by atoms with Crippen LogP contribution in [0, 0.1) is 11.6 Å². The first kappa shape index (κ1) is 19.4. The molecule has 0 saturated carbocycles. The molecule has 4 rings (SSSR count). The molecule has 0 atom stereocenters. The van der Waals surface area contributed by atoms with Crippen LogP contribution < -0.4 is 15.0 Å². The summed E-state index contributed by atoms with van der Waals surface area (Å²) in [6.07, 6.45) is 2.72. The zero-order valence-corrected chi connectivity index (χ0v) is 16.3. The number of halogens is 2. The highest BCUT2D eigenvalue weighted by Gasteiger charge is 2.28. The molecule has 2 aromatic rings. The molecule has 1 aromatic carbocycles. The van der Waals surface area contributed by atoms with Gasteiger partial charge in [-0.25, -0.2) is 18.6 Å². The summed E-state index contributed by atoms with van der Waals surface area (Å²) in [5.41, 5.74) is 1.51. The van der Waals surface area contributed by atoms with Crippen LogP contribution in [0.25, 0.3) is 0 Å². The molecule has 1 aromatic heterocycles. The highest BCUT2D eigenvalue weighted by Crippen LogP contribution is 2.32. The molecule has 154 valence electrons. The molecule has 0 bridgehead atoms. The molecule has 0 radical (unpaired) electrons. The predicted octanol–water partition coefficient (Wildman–Crippen LogP) is 3.23. The van der Waals surface area contributed by atoms with E-state index in [0.29, 0.717) is 37.6 Å². The maximum Gasteiger partial charge on any atom is 0.317 e. The van der Waals surface area contributed by atoms with Crippen molar-refractivity contribution in [2.75, 3.05) is 31.1 Å². The van der Waals surface area contributed by atoms with Crippen LogP contribution >= 0.6 is 0 Å². The van der Waals surface area contributed by atoms with E-state index < -0.39 is 11.6 Å². The average Bonchev–Trinajstić information content (AvgIpc) is 3.25. The number of aromatic nitrogens is 2. The van der Waals surface area contributed by atoms with E-state index >= 15 is 0 Å². The maximum atomic E-state index is 13.6. The lowest BCUT2D eigenvalue weighted by atomic mass is 10.1. The number of amides is 2. The highest BCUT2D eigenvalue weighted by atomic mass is 19.2. The maximum absolute atomic E-state index is 13.6. The third kappa shape index (κ3) is 4.08. The molecule has 2 aliphatic heterocycles. The standard InChI is InChI=1S/C20H23F2N5O2/c1-2-23-20(28)27-10-7-17-14(12-27)18(25-19(24-17)26-8-3-4-9-26)29-13-5-6-15(21)16(22)11-13/h5-6,11H,2-4,7-10,12H2,1H3,(H,23,28). The second kappa shape index (κ2) is 8.18. The van der Waals surface area contributed by atoms with Crippen LogP contribution in [0.3, 0.4) is 0 Å². The van der Waals surface area contributed by atoms with Crippen molar-refractivity contribution in [3.63, 3.8) is 0 Å². The van der Waals surface area contributed by atoms with Crippen LogP contribution in [0.5, 0.6) is 11.6 Å². The van der Waals surface area contributed by atoms with Gasteiger partial charge in [0.1, 0.15) is 5.75 Å². The van der Waals surface area contributed by atoms with Crippen LogP contribution in [0.2, 0.25) is 0 Å². The van der Waals surface area contributed by atoms with Gasteiger partial charge in [-0.15, -0.1) is 0 Å². The first-order chi connectivity index (χ1) is 14.0. The Bertz CT molecular complexity index is 918. The zero-order chi connectivity index (χ0) is 20.4. The van der Waals surface area contributed by atoms with Gasteiger partial charge >= 0.3 is 6.03 Å². The van der Waals surface area contributed by atoms with Gasteiger partial charge in [-0.3, -0.25) is 0 Å². The van der Waals surface area contributed by atoms with Crippen molar-refractivity contribution in [1.82, 2.24) is 20.2 Å². The molecule has 9 heteroatoms. The lowest BCUT2D eigenvalue weighted by molar-refractivity contribution is 0.191. The number of carbonyl (C=O) groups excluding carboxylic acids is 1. The molecule has 0 spiro atoms. The van der Waals surface area contributed by atoms with Crippen molar-refractivity contribution >= 4 is 12.0 Å². The van der Waals surface area contributed by atoms with Crippen molar-refractivity contribution < 1.29 is 18.3 Å². The molecule has 1 N–H and O–H groups in total. The van der Waals surface area contributed by atoms with Crippen LogP contribution in [0.4, 0.5) is 19.5 Å². The van der Waals surface area contributed by atoms with E-state index in [1.54, 1.807) is 4.90 Å². The molecule has 29 heavy (non-hydrogen) atoms. The quantitative estimate of drug-likeness (QED) is 0.849. The van der Waals surface area contributed by atoms with E-state index in [2.05, 4.69) is 15.2 Å². The molecule has 2 amide bonds. The largest absolute Gasteiger partial charge is 0.438 e. The van der Waals surface area contributed by atoms with Gasteiger partial charge in [-0.05, 0) is 31.9 Å². The van der Waals surface area contributed by atoms with E-state index in [-0.39, 0.29) is 17.7 Å². The number of nitrogens with one attached hydrogen (secondary N) is 1. The first-order valence-corrected chi connectivity index (χ1v) is 9.85. The van der Waals surface area contributed by atoms with Crippen molar-refractivity contribution in [3.05, 3.63) is 41.1 Å². The van der Waals surface area contributed by atoms with E-state index in [9.17, 15) is 13.6 Å². The lowest BCUT2D eigenvalue weighted by Crippen LogP contribution is -2.43. The van der Waals surface area contributed by atoms with Crippen LogP contribution in [0.1, 0.15) is 31.0 Å². The summed E-state index contributed by atoms with van der Waals surface area (Å²) in [6, 6.07) is 3.19. The smallest absolute Gasteiger partial charge is 0.317 e. The fourth-order valence-corrected chi connectivity index (χ4v) is 3.60. The summed E-state index contributed by atoms with van der Waals surface area (Å²) < 4.78 is 32.8. The van der Waals surface area contributed by atoms with Gasteiger partial charge in [0.25, 0.3) is 0 Å². The fourth-order valence-electron chi connectivity index (χ4n) is 3.60. The Morgan fingerprint density at radius 1 is 1.17 bits per heavy atom. The second-order valence-electron chi connectivity index (χ2n) is 7.13. The number of ether oxygens (including phenoxy) is 1. The van der Waals surface area contributed by atoms with E-state index in [1.165, 1.54) is 6.07 Å². The molecule has 0 unspecified atom stereocenters. The minimum Gasteiger partial charge on any atom is -0.438 e. The molecular formula is C20H23F2N5O2. The number of benzene rings is 1. The number of nitrogens with zero attached hydrogens (tertiary/aromatic N) is 4. The number of carbonyl (C=O) groups is 1. The Kier molecular flexibility index (Phi) is 5.46. The monoisotopic (exact) mass is 403 g/mol. The van der Waals surface area contributed by atoms with E-state index in [4.69, 9.17) is 9.72 Å². The fraction of sp³-hybridized carbons (Fsp3) is 0.450. The lowest BCUT2D eigenvalue weighted by Gasteiger charge is -2.30. The van der Waals surface area contributed by atoms with Crippen molar-refractivity contribution in [3.8, 4) is 11.6 Å². The third-order valence-electron chi connectivity index (χ3n) is 5.12. The summed E-state index contributed by atoms with van der Waals surface area (Å²) in [7, 11) is 0. The highest BCUT2D eigenvalue weighted by molar-refractivity contribution is 5.74. The molecule has 0 aliphatic carbocycles. The minimum absolute atomic E-state index is 0.146. The summed E-state index contributed by atoms with van der Waals surface area (Å²) in [5, 5.41) is 2.79. The zero-order valence-electron chi connectivity index (χ0n) is 16.3. The number of rotatable bonds is 4. The number of hydrogen-bond donors (Lipinski definition) is 1.